The van der Waals surface area contributed by atoms with Crippen molar-refractivity contribution in [3.05, 3.63) is 11.2 Å². The highest BCUT2D eigenvalue weighted by Crippen LogP contribution is 2.12. The molecular weight excluding hydrogens is 108 g/mol. The van der Waals surface area contributed by atoms with E-state index in [-0.39, 0.29) is 0 Å². The van der Waals surface area contributed by atoms with Crippen molar-refractivity contribution >= 4 is 16.3 Å². The first-order valence-corrected chi connectivity index (χ1v) is 2.84. The van der Waals surface area contributed by atoms with Crippen molar-refractivity contribution in [1.82, 2.24) is 4.98 Å². The maximum atomic E-state index is 5.40. The Morgan fingerprint density at radius 2 is 2.57 bits per heavy atom. The van der Waals surface area contributed by atoms with Gasteiger partial charge in [-0.25, -0.2) is 4.98 Å². The Kier molecular flexibility index (Phi) is 0.982. The van der Waals surface area contributed by atoms with Crippen LogP contribution in [0.2, 0.25) is 0 Å². The van der Waals surface area contributed by atoms with E-state index in [1.165, 1.54) is 11.3 Å². The molecule has 0 fully saturated rings. The summed E-state index contributed by atoms with van der Waals surface area (Å²) in [6, 6.07) is 0. The topological polar surface area (TPSA) is 38.9 Å². The fraction of sp³-hybridized carbons (Fsp3) is 0.250. The molecule has 3 heteroatoms. The van der Waals surface area contributed by atoms with Crippen LogP contribution in [0.1, 0.15) is 5.69 Å². The van der Waals surface area contributed by atoms with E-state index in [9.17, 15) is 0 Å². The smallest absolute Gasteiger partial charge is 0.109 e. The van der Waals surface area contributed by atoms with Crippen molar-refractivity contribution < 1.29 is 0 Å². The van der Waals surface area contributed by atoms with Crippen LogP contribution in [0.15, 0.2) is 5.51 Å². The van der Waals surface area contributed by atoms with Gasteiger partial charge in [-0.05, 0) is 6.92 Å². The van der Waals surface area contributed by atoms with Crippen LogP contribution >= 0.6 is 11.3 Å². The number of aryl methyl sites for hydroxylation is 1. The summed E-state index contributed by atoms with van der Waals surface area (Å²) >= 11 is 1.47. The molecule has 7 heavy (non-hydrogen) atoms. The van der Waals surface area contributed by atoms with Gasteiger partial charge in [-0.2, -0.15) is 0 Å². The van der Waals surface area contributed by atoms with Gasteiger partial charge in [0.15, 0.2) is 0 Å². The lowest BCUT2D eigenvalue weighted by Gasteiger charge is -1.78. The average molecular weight is 114 g/mol. The van der Waals surface area contributed by atoms with E-state index in [1.54, 1.807) is 5.51 Å². The lowest BCUT2D eigenvalue weighted by molar-refractivity contribution is 1.27. The molecule has 0 bridgehead atoms. The number of nitrogens with zero attached hydrogens (tertiary/aromatic N) is 1. The number of aromatic nitrogens is 1. The van der Waals surface area contributed by atoms with Gasteiger partial charge in [0, 0.05) is 0 Å². The molecule has 0 atom stereocenters. The fourth-order valence-electron chi connectivity index (χ4n) is 0.311. The highest BCUT2D eigenvalue weighted by Gasteiger charge is 1.89. The normalized spacial score (nSPS) is 9.29. The maximum absolute atomic E-state index is 5.40. The van der Waals surface area contributed by atoms with Gasteiger partial charge in [-0.15, -0.1) is 11.3 Å². The van der Waals surface area contributed by atoms with Gasteiger partial charge in [-0.1, -0.05) is 0 Å². The zero-order valence-electron chi connectivity index (χ0n) is 4.01. The highest BCUT2D eigenvalue weighted by molar-refractivity contribution is 7.13. The van der Waals surface area contributed by atoms with E-state index in [0.29, 0.717) is 0 Å². The zero-order valence-corrected chi connectivity index (χ0v) is 4.83. The summed E-state index contributed by atoms with van der Waals surface area (Å²) in [5, 5.41) is 0.819. The summed E-state index contributed by atoms with van der Waals surface area (Å²) in [7, 11) is 0. The molecule has 1 heterocycles. The summed E-state index contributed by atoms with van der Waals surface area (Å²) in [5.74, 6) is 0. The van der Waals surface area contributed by atoms with Gasteiger partial charge in [0.1, 0.15) is 5.00 Å². The minimum absolute atomic E-state index is 0.819. The van der Waals surface area contributed by atoms with Crippen LogP contribution in [0.3, 0.4) is 0 Å². The second-order valence-corrected chi connectivity index (χ2v) is 2.19. The number of nitrogens with two attached hydrogens (primary N) is 1. The third-order valence-electron chi connectivity index (χ3n) is 0.783. The number of anilines is 1. The Bertz CT molecular complexity index is 142. The summed E-state index contributed by atoms with van der Waals surface area (Å²) in [6.45, 7) is 1.89. The molecule has 1 aromatic heterocycles. The number of hydrogen-bond donors (Lipinski definition) is 1. The third kappa shape index (κ3) is 0.718. The van der Waals surface area contributed by atoms with Crippen molar-refractivity contribution in [2.75, 3.05) is 5.73 Å². The lowest BCUT2D eigenvalue weighted by atomic mass is 10.5. The molecule has 2 nitrogen and oxygen atoms in total. The number of hydrogen-bond acceptors (Lipinski definition) is 3. The molecule has 0 saturated carbocycles. The van der Waals surface area contributed by atoms with Gasteiger partial charge < -0.3 is 5.73 Å². The zero-order chi connectivity index (χ0) is 5.28. The van der Waals surface area contributed by atoms with Crippen LogP contribution in [0, 0.1) is 6.92 Å². The average Bonchev–Trinajstić information content (AvgIpc) is 1.91. The number of nitrogen functional groups attached to an aromatic ring is 1. The monoisotopic (exact) mass is 114 g/mol. The molecule has 2 N–H and O–H groups in total. The molecule has 1 aromatic rings. The van der Waals surface area contributed by atoms with Gasteiger partial charge in [-0.3, -0.25) is 0 Å². The number of rotatable bonds is 0. The first kappa shape index (κ1) is 4.59. The first-order chi connectivity index (χ1) is 3.30. The van der Waals surface area contributed by atoms with Crippen molar-refractivity contribution in [3.63, 3.8) is 0 Å². The molecule has 0 unspecified atom stereocenters. The summed E-state index contributed by atoms with van der Waals surface area (Å²) in [6.07, 6.45) is 0. The van der Waals surface area contributed by atoms with E-state index >= 15 is 0 Å². The van der Waals surface area contributed by atoms with E-state index in [4.69, 9.17) is 5.73 Å². The van der Waals surface area contributed by atoms with Crippen LogP contribution in [0.5, 0.6) is 0 Å². The van der Waals surface area contributed by atoms with Crippen molar-refractivity contribution in [2.24, 2.45) is 0 Å². The molecule has 0 saturated heterocycles. The molecule has 0 aliphatic carbocycles. The van der Waals surface area contributed by atoms with Crippen LogP contribution in [0.4, 0.5) is 5.00 Å². The number of thiazole rings is 1. The molecule has 0 spiro atoms. The van der Waals surface area contributed by atoms with Gasteiger partial charge in [0.05, 0.1) is 11.2 Å². The standard InChI is InChI=1S/C4H6N2S/c1-3-4(5)7-2-6-3/h2H,5H2,1H3. The van der Waals surface area contributed by atoms with Crippen molar-refractivity contribution in [3.8, 4) is 0 Å². The van der Waals surface area contributed by atoms with Crippen LogP contribution in [-0.4, -0.2) is 4.98 Å². The summed E-state index contributed by atoms with van der Waals surface area (Å²) < 4.78 is 0. The SMILES string of the molecule is Cc1ncsc1N. The summed E-state index contributed by atoms with van der Waals surface area (Å²) in [4.78, 5) is 3.91. The quantitative estimate of drug-likeness (QED) is 0.547. The van der Waals surface area contributed by atoms with E-state index in [1.807, 2.05) is 6.92 Å². The van der Waals surface area contributed by atoms with Crippen LogP contribution in [0.25, 0.3) is 0 Å². The summed E-state index contributed by atoms with van der Waals surface area (Å²) in [5.41, 5.74) is 8.07. The molecule has 0 aromatic carbocycles. The highest BCUT2D eigenvalue weighted by atomic mass is 32.1. The fourth-order valence-corrected chi connectivity index (χ4v) is 0.859. The van der Waals surface area contributed by atoms with E-state index in [0.717, 1.165) is 10.7 Å². The second kappa shape index (κ2) is 1.50. The predicted molar refractivity (Wildman–Crippen MR) is 31.3 cm³/mol. The van der Waals surface area contributed by atoms with Crippen molar-refractivity contribution in [2.45, 2.75) is 6.92 Å². The molecule has 0 aliphatic rings. The third-order valence-corrected chi connectivity index (χ3v) is 1.54. The van der Waals surface area contributed by atoms with E-state index < -0.39 is 0 Å². The molecular formula is C4H6N2S. The Morgan fingerprint density at radius 1 is 1.86 bits per heavy atom. The second-order valence-electron chi connectivity index (χ2n) is 1.30. The first-order valence-electron chi connectivity index (χ1n) is 1.96. The minimum atomic E-state index is 0.819. The Hall–Kier alpha value is -0.570. The van der Waals surface area contributed by atoms with Crippen LogP contribution < -0.4 is 5.73 Å². The van der Waals surface area contributed by atoms with Gasteiger partial charge >= 0.3 is 0 Å². The lowest BCUT2D eigenvalue weighted by Crippen LogP contribution is -1.80. The maximum Gasteiger partial charge on any atom is 0.109 e. The Balaban J connectivity index is 3.12. The van der Waals surface area contributed by atoms with Gasteiger partial charge in [0.2, 0.25) is 0 Å². The molecule has 38 valence electrons. The predicted octanol–water partition coefficient (Wildman–Crippen LogP) is 1.03. The van der Waals surface area contributed by atoms with Crippen LogP contribution in [-0.2, 0) is 0 Å². The van der Waals surface area contributed by atoms with Gasteiger partial charge in [0.25, 0.3) is 0 Å². The molecule has 1 rings (SSSR count). The van der Waals surface area contributed by atoms with E-state index in [2.05, 4.69) is 4.98 Å². The largest absolute Gasteiger partial charge is 0.389 e. The Morgan fingerprint density at radius 3 is 2.71 bits per heavy atom. The molecule has 0 amide bonds. The minimum Gasteiger partial charge on any atom is -0.389 e. The Labute approximate surface area is 46.0 Å². The van der Waals surface area contributed by atoms with Crippen molar-refractivity contribution in [1.29, 1.82) is 0 Å². The molecule has 0 aliphatic heterocycles. The molecule has 0 radical (unpaired) electrons.